The highest BCUT2D eigenvalue weighted by Crippen LogP contribution is 2.37. The summed E-state index contributed by atoms with van der Waals surface area (Å²) in [6, 6.07) is 2.72. The van der Waals surface area contributed by atoms with Crippen LogP contribution >= 0.6 is 43.2 Å². The van der Waals surface area contributed by atoms with Gasteiger partial charge in [-0.1, -0.05) is 20.8 Å². The van der Waals surface area contributed by atoms with E-state index in [1.165, 1.54) is 32.4 Å². The van der Waals surface area contributed by atoms with Gasteiger partial charge in [0.2, 0.25) is 0 Å². The maximum Gasteiger partial charge on any atom is 0.0758 e. The van der Waals surface area contributed by atoms with Crippen LogP contribution < -0.4 is 5.32 Å². The van der Waals surface area contributed by atoms with Crippen LogP contribution in [0.2, 0.25) is 0 Å². The van der Waals surface area contributed by atoms with E-state index in [4.69, 9.17) is 0 Å². The number of rotatable bonds is 7. The fourth-order valence-corrected chi connectivity index (χ4v) is 4.75. The van der Waals surface area contributed by atoms with E-state index < -0.39 is 0 Å². The molecule has 1 N–H and O–H groups in total. The monoisotopic (exact) mass is 381 g/mol. The molecule has 0 aromatic carbocycles. The highest BCUT2D eigenvalue weighted by molar-refractivity contribution is 9.12. The first-order valence-electron chi connectivity index (χ1n) is 6.22. The first-order valence-corrected chi connectivity index (χ1v) is 8.63. The van der Waals surface area contributed by atoms with Gasteiger partial charge in [-0.05, 0) is 75.2 Å². The van der Waals surface area contributed by atoms with Crippen molar-refractivity contribution in [2.45, 2.75) is 46.1 Å². The zero-order valence-corrected chi connectivity index (χ0v) is 14.7. The molecule has 0 aliphatic heterocycles. The Morgan fingerprint density at radius 1 is 1.29 bits per heavy atom. The van der Waals surface area contributed by atoms with E-state index in [0.717, 1.165) is 12.5 Å². The molecule has 1 nitrogen and oxygen atoms in total. The first-order chi connectivity index (χ1) is 8.04. The third kappa shape index (κ3) is 5.41. The third-order valence-electron chi connectivity index (χ3n) is 2.73. The van der Waals surface area contributed by atoms with Crippen molar-refractivity contribution in [1.29, 1.82) is 0 Å². The van der Waals surface area contributed by atoms with E-state index in [1.54, 1.807) is 11.3 Å². The topological polar surface area (TPSA) is 12.0 Å². The van der Waals surface area contributed by atoms with Crippen molar-refractivity contribution in [3.8, 4) is 0 Å². The summed E-state index contributed by atoms with van der Waals surface area (Å²) in [5.74, 6) is 0.766. The summed E-state index contributed by atoms with van der Waals surface area (Å²) in [6.45, 7) is 7.87. The molecule has 98 valence electrons. The van der Waals surface area contributed by atoms with Gasteiger partial charge in [0.15, 0.2) is 0 Å². The van der Waals surface area contributed by atoms with Gasteiger partial charge in [0.05, 0.1) is 7.57 Å². The second-order valence-electron chi connectivity index (χ2n) is 4.76. The largest absolute Gasteiger partial charge is 0.310 e. The predicted octanol–water partition coefficient (Wildman–Crippen LogP) is 5.75. The van der Waals surface area contributed by atoms with Gasteiger partial charge in [-0.25, -0.2) is 0 Å². The first kappa shape index (κ1) is 15.7. The van der Waals surface area contributed by atoms with Gasteiger partial charge in [0.25, 0.3) is 0 Å². The number of nitrogens with one attached hydrogen (secondary N) is 1. The Morgan fingerprint density at radius 3 is 2.47 bits per heavy atom. The van der Waals surface area contributed by atoms with Crippen LogP contribution in [-0.4, -0.2) is 6.54 Å². The average molecular weight is 383 g/mol. The van der Waals surface area contributed by atoms with Gasteiger partial charge < -0.3 is 5.32 Å². The van der Waals surface area contributed by atoms with Crippen molar-refractivity contribution in [3.05, 3.63) is 19.2 Å². The summed E-state index contributed by atoms with van der Waals surface area (Å²) >= 11 is 8.98. The zero-order valence-electron chi connectivity index (χ0n) is 10.7. The molecular weight excluding hydrogens is 362 g/mol. The summed E-state index contributed by atoms with van der Waals surface area (Å²) in [5.41, 5.74) is 1.40. The smallest absolute Gasteiger partial charge is 0.0758 e. The lowest BCUT2D eigenvalue weighted by molar-refractivity contribution is 0.440. The Kier molecular flexibility index (Phi) is 7.31. The summed E-state index contributed by atoms with van der Waals surface area (Å²) in [6.07, 6.45) is 3.65. The molecule has 1 aromatic heterocycles. The normalized spacial score (nSPS) is 13.3. The summed E-state index contributed by atoms with van der Waals surface area (Å²) in [4.78, 5) is 0. The lowest BCUT2D eigenvalue weighted by atomic mass is 9.99. The Labute approximate surface area is 126 Å². The SMILES string of the molecule is CCCNC(CCC(C)C)c1cc(Br)sc1Br. The van der Waals surface area contributed by atoms with Crippen LogP contribution in [0.5, 0.6) is 0 Å². The molecule has 0 amide bonds. The van der Waals surface area contributed by atoms with Crippen LogP contribution in [0.4, 0.5) is 0 Å². The van der Waals surface area contributed by atoms with E-state index >= 15 is 0 Å². The van der Waals surface area contributed by atoms with Crippen LogP contribution in [0.1, 0.15) is 51.6 Å². The summed E-state index contributed by atoms with van der Waals surface area (Å²) in [5, 5.41) is 3.65. The van der Waals surface area contributed by atoms with Crippen LogP contribution in [0.15, 0.2) is 13.6 Å². The minimum absolute atomic E-state index is 0.481. The van der Waals surface area contributed by atoms with Crippen molar-refractivity contribution in [3.63, 3.8) is 0 Å². The molecule has 17 heavy (non-hydrogen) atoms. The second-order valence-corrected chi connectivity index (χ2v) is 8.51. The molecule has 0 aliphatic carbocycles. The lowest BCUT2D eigenvalue weighted by Crippen LogP contribution is -2.22. The van der Waals surface area contributed by atoms with Crippen LogP contribution in [0, 0.1) is 5.92 Å². The minimum Gasteiger partial charge on any atom is -0.310 e. The highest BCUT2D eigenvalue weighted by atomic mass is 79.9. The van der Waals surface area contributed by atoms with Crippen molar-refractivity contribution < 1.29 is 0 Å². The summed E-state index contributed by atoms with van der Waals surface area (Å²) < 4.78 is 2.45. The van der Waals surface area contributed by atoms with Crippen LogP contribution in [-0.2, 0) is 0 Å². The van der Waals surface area contributed by atoms with Gasteiger partial charge in [-0.15, -0.1) is 11.3 Å². The average Bonchev–Trinajstić information content (AvgIpc) is 2.58. The number of hydrogen-bond donors (Lipinski definition) is 1. The lowest BCUT2D eigenvalue weighted by Gasteiger charge is -2.19. The van der Waals surface area contributed by atoms with Gasteiger partial charge >= 0.3 is 0 Å². The van der Waals surface area contributed by atoms with Crippen molar-refractivity contribution in [2.75, 3.05) is 6.54 Å². The summed E-state index contributed by atoms with van der Waals surface area (Å²) in [7, 11) is 0. The van der Waals surface area contributed by atoms with Crippen molar-refractivity contribution in [2.24, 2.45) is 5.92 Å². The molecule has 0 radical (unpaired) electrons. The molecule has 0 spiro atoms. The molecule has 1 atom stereocenters. The molecule has 1 heterocycles. The standard InChI is InChI=1S/C13H21Br2NS/c1-4-7-16-11(6-5-9(2)3)10-8-12(14)17-13(10)15/h8-9,11,16H,4-7H2,1-3H3. The molecule has 0 saturated carbocycles. The quantitative estimate of drug-likeness (QED) is 0.632. The molecule has 0 bridgehead atoms. The Bertz CT molecular complexity index is 336. The van der Waals surface area contributed by atoms with Gasteiger partial charge in [-0.3, -0.25) is 0 Å². The number of hydrogen-bond acceptors (Lipinski definition) is 2. The van der Waals surface area contributed by atoms with Gasteiger partial charge in [0, 0.05) is 6.04 Å². The van der Waals surface area contributed by atoms with E-state index in [1.807, 2.05) is 0 Å². The molecule has 1 unspecified atom stereocenters. The van der Waals surface area contributed by atoms with Gasteiger partial charge in [-0.2, -0.15) is 0 Å². The van der Waals surface area contributed by atoms with Crippen molar-refractivity contribution >= 4 is 43.2 Å². The Balaban J connectivity index is 2.70. The van der Waals surface area contributed by atoms with E-state index in [2.05, 4.69) is 64.0 Å². The molecule has 1 rings (SSSR count). The minimum atomic E-state index is 0.481. The second kappa shape index (κ2) is 7.93. The van der Waals surface area contributed by atoms with E-state index in [-0.39, 0.29) is 0 Å². The number of halogens is 2. The third-order valence-corrected chi connectivity index (χ3v) is 5.12. The Hall–Kier alpha value is 0.620. The molecule has 1 aromatic rings. The highest BCUT2D eigenvalue weighted by Gasteiger charge is 2.16. The Morgan fingerprint density at radius 2 is 2.00 bits per heavy atom. The number of thiophene rings is 1. The fourth-order valence-electron chi connectivity index (χ4n) is 1.78. The maximum atomic E-state index is 3.67. The van der Waals surface area contributed by atoms with Crippen LogP contribution in [0.3, 0.4) is 0 Å². The molecule has 4 heteroatoms. The molecule has 0 saturated heterocycles. The zero-order chi connectivity index (χ0) is 12.8. The fraction of sp³-hybridized carbons (Fsp3) is 0.692. The molecule has 0 fully saturated rings. The maximum absolute atomic E-state index is 3.67. The van der Waals surface area contributed by atoms with Crippen LogP contribution in [0.25, 0.3) is 0 Å². The van der Waals surface area contributed by atoms with Crippen molar-refractivity contribution in [1.82, 2.24) is 5.32 Å². The van der Waals surface area contributed by atoms with E-state index in [9.17, 15) is 0 Å². The molecule has 0 aliphatic rings. The predicted molar refractivity (Wildman–Crippen MR) is 84.8 cm³/mol. The van der Waals surface area contributed by atoms with Gasteiger partial charge in [0.1, 0.15) is 0 Å². The molecular formula is C13H21Br2NS. The van der Waals surface area contributed by atoms with E-state index in [0.29, 0.717) is 6.04 Å².